The van der Waals surface area contributed by atoms with E-state index in [0.717, 1.165) is 33.7 Å². The summed E-state index contributed by atoms with van der Waals surface area (Å²) in [4.78, 5) is 18.5. The molecule has 29 heavy (non-hydrogen) atoms. The Kier molecular flexibility index (Phi) is 8.19. The van der Waals surface area contributed by atoms with Gasteiger partial charge in [0.1, 0.15) is 11.5 Å². The number of nitrogens with zero attached hydrogens (tertiary/aromatic N) is 2. The van der Waals surface area contributed by atoms with Crippen molar-refractivity contribution in [3.63, 3.8) is 0 Å². The molecule has 150 valence electrons. The molecule has 7 heteroatoms. The van der Waals surface area contributed by atoms with Crippen LogP contribution in [0.15, 0.2) is 73.3 Å². The summed E-state index contributed by atoms with van der Waals surface area (Å²) in [5.74, 6) is 0.928. The van der Waals surface area contributed by atoms with Crippen LogP contribution in [-0.4, -0.2) is 35.1 Å². The van der Waals surface area contributed by atoms with Crippen molar-refractivity contribution >= 4 is 28.7 Å². The predicted octanol–water partition coefficient (Wildman–Crippen LogP) is 4.05. The Bertz CT molecular complexity index is 985. The second kappa shape index (κ2) is 11.1. The zero-order valence-electron chi connectivity index (χ0n) is 16.4. The van der Waals surface area contributed by atoms with Crippen molar-refractivity contribution in [3.05, 3.63) is 79.0 Å². The first-order valence-corrected chi connectivity index (χ1v) is 8.87. The van der Waals surface area contributed by atoms with Gasteiger partial charge in [-0.3, -0.25) is 14.8 Å². The highest BCUT2D eigenvalue weighted by molar-refractivity contribution is 5.91. The number of carbonyl (C=O) groups is 1. The number of anilines is 2. The Morgan fingerprint density at radius 2 is 1.97 bits per heavy atom. The van der Waals surface area contributed by atoms with Crippen LogP contribution < -0.4 is 15.4 Å². The van der Waals surface area contributed by atoms with Gasteiger partial charge in [0.15, 0.2) is 0 Å². The Labute approximate surface area is 169 Å². The van der Waals surface area contributed by atoms with Crippen molar-refractivity contribution in [2.45, 2.75) is 6.92 Å². The lowest BCUT2D eigenvalue weighted by molar-refractivity contribution is -0.109. The van der Waals surface area contributed by atoms with Crippen LogP contribution in [0, 0.1) is 6.92 Å². The summed E-state index contributed by atoms with van der Waals surface area (Å²) in [7, 11) is 1.66. The molecule has 3 aromatic rings. The molecule has 0 aliphatic rings. The predicted molar refractivity (Wildman–Crippen MR) is 116 cm³/mol. The van der Waals surface area contributed by atoms with Gasteiger partial charge in [0, 0.05) is 23.0 Å². The molecule has 7 nitrogen and oxygen atoms in total. The van der Waals surface area contributed by atoms with Gasteiger partial charge in [-0.1, -0.05) is 12.7 Å². The first kappa shape index (κ1) is 21.4. The van der Waals surface area contributed by atoms with Crippen molar-refractivity contribution in [2.75, 3.05) is 19.0 Å². The van der Waals surface area contributed by atoms with Crippen molar-refractivity contribution < 1.29 is 14.6 Å². The lowest BCUT2D eigenvalue weighted by atomic mass is 10.2. The molecule has 3 N–H and O–H groups in total. The molecular formula is C22H24N4O3. The number of hydrogen-bond donors (Lipinski definition) is 3. The zero-order chi connectivity index (χ0) is 21.1. The average molecular weight is 392 g/mol. The average Bonchev–Trinajstić information content (AvgIpc) is 2.74. The molecule has 0 saturated carbocycles. The highest BCUT2D eigenvalue weighted by atomic mass is 16.5. The van der Waals surface area contributed by atoms with Crippen LogP contribution in [0.2, 0.25) is 0 Å². The van der Waals surface area contributed by atoms with Gasteiger partial charge in [0.25, 0.3) is 0 Å². The maximum absolute atomic E-state index is 9.64. The standard InChI is InChI=1S/C16H15N3O.C6H9NO2/c1-11-3-4-12-9-17-10-15(16(12)18-11)19-13-5-7-14(20-2)8-6-13;1-2-3-6(9)4-7-5-8/h3-10,19H,1-2H3;2-3,5,9H,1,4H2,(H,7,8)/b;6-3-. The van der Waals surface area contributed by atoms with Crippen molar-refractivity contribution in [2.24, 2.45) is 0 Å². The minimum Gasteiger partial charge on any atom is -0.510 e. The van der Waals surface area contributed by atoms with E-state index in [9.17, 15) is 4.79 Å². The normalized spacial score (nSPS) is 10.5. The smallest absolute Gasteiger partial charge is 0.207 e. The fraction of sp³-hybridized carbons (Fsp3) is 0.136. The SMILES string of the molecule is C=C/C=C(\O)CNC=O.COc1ccc(Nc2cncc3ccc(C)nc23)cc1. The molecule has 0 fully saturated rings. The van der Waals surface area contributed by atoms with E-state index in [1.165, 1.54) is 12.2 Å². The maximum Gasteiger partial charge on any atom is 0.207 e. The highest BCUT2D eigenvalue weighted by Gasteiger charge is 2.04. The van der Waals surface area contributed by atoms with Gasteiger partial charge in [0.05, 0.1) is 31.1 Å². The molecule has 2 aromatic heterocycles. The fourth-order valence-corrected chi connectivity index (χ4v) is 2.40. The van der Waals surface area contributed by atoms with E-state index in [2.05, 4.69) is 27.2 Å². The van der Waals surface area contributed by atoms with Crippen LogP contribution in [0.4, 0.5) is 11.4 Å². The molecular weight excluding hydrogens is 368 g/mol. The van der Waals surface area contributed by atoms with E-state index < -0.39 is 0 Å². The number of aliphatic hydroxyl groups is 1. The molecule has 0 aliphatic heterocycles. The Morgan fingerprint density at radius 3 is 2.62 bits per heavy atom. The number of allylic oxidation sites excluding steroid dienone is 2. The number of benzene rings is 1. The van der Waals surface area contributed by atoms with Gasteiger partial charge in [-0.15, -0.1) is 0 Å². The van der Waals surface area contributed by atoms with E-state index in [1.54, 1.807) is 13.3 Å². The van der Waals surface area contributed by atoms with Crippen LogP contribution in [0.5, 0.6) is 5.75 Å². The molecule has 0 saturated heterocycles. The van der Waals surface area contributed by atoms with Crippen LogP contribution in [0.3, 0.4) is 0 Å². The number of rotatable bonds is 7. The number of hydrogen-bond acceptors (Lipinski definition) is 6. The third-order valence-electron chi connectivity index (χ3n) is 3.78. The van der Waals surface area contributed by atoms with Gasteiger partial charge < -0.3 is 20.5 Å². The molecule has 0 bridgehead atoms. The van der Waals surface area contributed by atoms with E-state index >= 15 is 0 Å². The molecule has 2 heterocycles. The first-order chi connectivity index (χ1) is 14.1. The number of aliphatic hydroxyl groups excluding tert-OH is 1. The quantitative estimate of drug-likeness (QED) is 0.319. The largest absolute Gasteiger partial charge is 0.510 e. The maximum atomic E-state index is 9.64. The molecule has 0 radical (unpaired) electrons. The van der Waals surface area contributed by atoms with Crippen LogP contribution in [0.25, 0.3) is 10.9 Å². The molecule has 3 rings (SSSR count). The van der Waals surface area contributed by atoms with Crippen LogP contribution >= 0.6 is 0 Å². The number of aryl methyl sites for hydroxylation is 1. The number of methoxy groups -OCH3 is 1. The van der Waals surface area contributed by atoms with Crippen LogP contribution in [0.1, 0.15) is 5.69 Å². The Hall–Kier alpha value is -3.87. The molecule has 1 amide bonds. The summed E-state index contributed by atoms with van der Waals surface area (Å²) in [5.41, 5.74) is 3.79. The van der Waals surface area contributed by atoms with Crippen molar-refractivity contribution in [1.82, 2.24) is 15.3 Å². The molecule has 1 aromatic carbocycles. The Balaban J connectivity index is 0.000000284. The summed E-state index contributed by atoms with van der Waals surface area (Å²) < 4.78 is 5.15. The van der Waals surface area contributed by atoms with Gasteiger partial charge in [-0.2, -0.15) is 0 Å². The van der Waals surface area contributed by atoms with E-state index in [4.69, 9.17) is 9.84 Å². The monoisotopic (exact) mass is 392 g/mol. The fourth-order valence-electron chi connectivity index (χ4n) is 2.40. The van der Waals surface area contributed by atoms with E-state index in [1.807, 2.05) is 49.5 Å². The summed E-state index contributed by atoms with van der Waals surface area (Å²) in [6.07, 6.45) is 6.99. The molecule has 0 atom stereocenters. The lowest BCUT2D eigenvalue weighted by Crippen LogP contribution is -2.13. The van der Waals surface area contributed by atoms with Gasteiger partial charge in [0.2, 0.25) is 6.41 Å². The second-order valence-corrected chi connectivity index (χ2v) is 5.96. The molecule has 0 unspecified atom stereocenters. The number of nitrogens with one attached hydrogen (secondary N) is 2. The number of amides is 1. The van der Waals surface area contributed by atoms with Crippen molar-refractivity contribution in [1.29, 1.82) is 0 Å². The minimum absolute atomic E-state index is 0.0945. The lowest BCUT2D eigenvalue weighted by Gasteiger charge is -2.09. The highest BCUT2D eigenvalue weighted by Crippen LogP contribution is 2.25. The topological polar surface area (TPSA) is 96.4 Å². The number of fused-ring (bicyclic) bond motifs is 1. The summed E-state index contributed by atoms with van der Waals surface area (Å²) in [6, 6.07) is 11.8. The molecule has 0 spiro atoms. The van der Waals surface area contributed by atoms with Crippen LogP contribution in [-0.2, 0) is 4.79 Å². The molecule has 0 aliphatic carbocycles. The van der Waals surface area contributed by atoms with Crippen molar-refractivity contribution in [3.8, 4) is 5.75 Å². The minimum atomic E-state index is 0.0945. The van der Waals surface area contributed by atoms with Gasteiger partial charge >= 0.3 is 0 Å². The third-order valence-corrected chi connectivity index (χ3v) is 3.78. The third kappa shape index (κ3) is 6.66. The number of pyridine rings is 2. The van der Waals surface area contributed by atoms with Gasteiger partial charge in [-0.25, -0.2) is 0 Å². The summed E-state index contributed by atoms with van der Waals surface area (Å²) >= 11 is 0. The van der Waals surface area contributed by atoms with Gasteiger partial charge in [-0.05, 0) is 49.4 Å². The Morgan fingerprint density at radius 1 is 1.21 bits per heavy atom. The second-order valence-electron chi connectivity index (χ2n) is 5.96. The summed E-state index contributed by atoms with van der Waals surface area (Å²) in [5, 5.41) is 15.4. The number of ether oxygens (including phenoxy) is 1. The number of aromatic nitrogens is 2. The van der Waals surface area contributed by atoms with E-state index in [-0.39, 0.29) is 12.3 Å². The first-order valence-electron chi connectivity index (χ1n) is 8.87. The zero-order valence-corrected chi connectivity index (χ0v) is 16.4. The summed E-state index contributed by atoms with van der Waals surface area (Å²) in [6.45, 7) is 5.50. The van der Waals surface area contributed by atoms with E-state index in [0.29, 0.717) is 6.41 Å². The number of carbonyl (C=O) groups excluding carboxylic acids is 1.